The summed E-state index contributed by atoms with van der Waals surface area (Å²) in [6.07, 6.45) is 0.658. The Kier molecular flexibility index (Phi) is 5.69. The van der Waals surface area contributed by atoms with Gasteiger partial charge in [0.15, 0.2) is 0 Å². The van der Waals surface area contributed by atoms with Crippen molar-refractivity contribution in [2.75, 3.05) is 12.4 Å². The average Bonchev–Trinajstić information content (AvgIpc) is 2.36. The maximum absolute atomic E-state index is 11.7. The first-order valence-electron chi connectivity index (χ1n) is 6.05. The molecule has 0 saturated carbocycles. The molecule has 1 heterocycles. The highest BCUT2D eigenvalue weighted by Gasteiger charge is 2.20. The molecule has 1 unspecified atom stereocenters. The highest BCUT2D eigenvalue weighted by molar-refractivity contribution is 7.80. The number of ether oxygens (including phenoxy) is 1. The van der Waals surface area contributed by atoms with Crippen LogP contribution in [0, 0.1) is 5.92 Å². The number of carbonyl (C=O) groups is 1. The minimum Gasteiger partial charge on any atom is -0.467 e. The Morgan fingerprint density at radius 3 is 2.74 bits per heavy atom. The van der Waals surface area contributed by atoms with E-state index in [4.69, 9.17) is 22.7 Å². The summed E-state index contributed by atoms with van der Waals surface area (Å²) in [6, 6.07) is 4.84. The lowest BCUT2D eigenvalue weighted by Crippen LogP contribution is -2.32. The highest BCUT2D eigenvalue weighted by Crippen LogP contribution is 2.13. The Labute approximate surface area is 118 Å². The summed E-state index contributed by atoms with van der Waals surface area (Å²) in [4.78, 5) is 16.2. The zero-order valence-electron chi connectivity index (χ0n) is 11.3. The van der Waals surface area contributed by atoms with E-state index < -0.39 is 6.04 Å². The molecule has 19 heavy (non-hydrogen) atoms. The van der Waals surface area contributed by atoms with E-state index in [0.29, 0.717) is 23.9 Å². The first-order chi connectivity index (χ1) is 8.93. The number of nitrogens with one attached hydrogen (secondary N) is 1. The molecule has 0 aliphatic rings. The maximum Gasteiger partial charge on any atom is 0.328 e. The van der Waals surface area contributed by atoms with Gasteiger partial charge in [0.25, 0.3) is 0 Å². The summed E-state index contributed by atoms with van der Waals surface area (Å²) in [5.74, 6) is 0.605. The third kappa shape index (κ3) is 4.82. The second kappa shape index (κ2) is 7.04. The lowest BCUT2D eigenvalue weighted by atomic mass is 10.0. The van der Waals surface area contributed by atoms with Crippen LogP contribution in [0.5, 0.6) is 0 Å². The van der Waals surface area contributed by atoms with Gasteiger partial charge >= 0.3 is 5.97 Å². The number of aromatic nitrogens is 1. The Balaban J connectivity index is 2.86. The van der Waals surface area contributed by atoms with E-state index in [2.05, 4.69) is 10.3 Å². The number of carbonyl (C=O) groups excluding carboxylic acids is 1. The third-order valence-electron chi connectivity index (χ3n) is 2.52. The lowest BCUT2D eigenvalue weighted by molar-refractivity contribution is -0.141. The number of nitrogens with zero attached hydrogens (tertiary/aromatic N) is 1. The number of hydrogen-bond acceptors (Lipinski definition) is 5. The van der Waals surface area contributed by atoms with Gasteiger partial charge < -0.3 is 15.8 Å². The highest BCUT2D eigenvalue weighted by atomic mass is 32.1. The SMILES string of the molecule is COC(=O)C(CC(C)C)Nc1cccc(C(N)=S)n1. The van der Waals surface area contributed by atoms with Crippen molar-refractivity contribution in [1.82, 2.24) is 4.98 Å². The summed E-state index contributed by atoms with van der Waals surface area (Å²) in [5.41, 5.74) is 6.05. The Morgan fingerprint density at radius 2 is 2.21 bits per heavy atom. The summed E-state index contributed by atoms with van der Waals surface area (Å²) in [6.45, 7) is 4.08. The second-order valence-corrected chi connectivity index (χ2v) is 5.06. The van der Waals surface area contributed by atoms with Crippen LogP contribution in [0.1, 0.15) is 26.0 Å². The van der Waals surface area contributed by atoms with Gasteiger partial charge in [-0.2, -0.15) is 0 Å². The molecule has 3 N–H and O–H groups in total. The molecule has 0 amide bonds. The van der Waals surface area contributed by atoms with Gasteiger partial charge in [-0.1, -0.05) is 32.1 Å². The molecule has 1 aromatic heterocycles. The fraction of sp³-hybridized carbons (Fsp3) is 0.462. The van der Waals surface area contributed by atoms with Crippen LogP contribution in [0.3, 0.4) is 0 Å². The summed E-state index contributed by atoms with van der Waals surface area (Å²) < 4.78 is 4.78. The summed E-state index contributed by atoms with van der Waals surface area (Å²) in [7, 11) is 1.37. The number of nitrogens with two attached hydrogens (primary N) is 1. The van der Waals surface area contributed by atoms with Crippen molar-refractivity contribution in [2.45, 2.75) is 26.3 Å². The molecule has 0 radical (unpaired) electrons. The van der Waals surface area contributed by atoms with Gasteiger partial charge in [-0.05, 0) is 24.5 Å². The number of thiocarbonyl (C=S) groups is 1. The van der Waals surface area contributed by atoms with Crippen LogP contribution in [-0.2, 0) is 9.53 Å². The largest absolute Gasteiger partial charge is 0.467 e. The fourth-order valence-corrected chi connectivity index (χ4v) is 1.77. The molecule has 0 spiro atoms. The quantitative estimate of drug-likeness (QED) is 0.610. The van der Waals surface area contributed by atoms with Crippen LogP contribution in [-0.4, -0.2) is 29.1 Å². The van der Waals surface area contributed by atoms with E-state index in [0.717, 1.165) is 0 Å². The summed E-state index contributed by atoms with van der Waals surface area (Å²) >= 11 is 4.88. The van der Waals surface area contributed by atoms with Crippen molar-refractivity contribution in [3.8, 4) is 0 Å². The zero-order valence-corrected chi connectivity index (χ0v) is 12.2. The molecular weight excluding hydrogens is 262 g/mol. The standard InChI is InChI=1S/C13H19N3O2S/c1-8(2)7-10(13(17)18-3)16-11-6-4-5-9(15-11)12(14)19/h4-6,8,10H,7H2,1-3H3,(H2,14,19)(H,15,16). The Bertz CT molecular complexity index is 463. The van der Waals surface area contributed by atoms with Gasteiger partial charge in [-0.3, -0.25) is 0 Å². The number of hydrogen-bond donors (Lipinski definition) is 2. The molecule has 1 rings (SSSR count). The van der Waals surface area contributed by atoms with Gasteiger partial charge in [0.05, 0.1) is 12.8 Å². The van der Waals surface area contributed by atoms with Crippen molar-refractivity contribution in [1.29, 1.82) is 0 Å². The predicted octanol–water partition coefficient (Wildman–Crippen LogP) is 1.72. The van der Waals surface area contributed by atoms with Gasteiger partial charge in [-0.25, -0.2) is 9.78 Å². The molecule has 1 aromatic rings. The van der Waals surface area contributed by atoms with E-state index in [1.54, 1.807) is 18.2 Å². The van der Waals surface area contributed by atoms with Crippen LogP contribution < -0.4 is 11.1 Å². The van der Waals surface area contributed by atoms with Crippen molar-refractivity contribution in [3.63, 3.8) is 0 Å². The van der Waals surface area contributed by atoms with Crippen LogP contribution >= 0.6 is 12.2 Å². The summed E-state index contributed by atoms with van der Waals surface area (Å²) in [5, 5.41) is 3.06. The molecule has 104 valence electrons. The molecule has 0 aromatic carbocycles. The third-order valence-corrected chi connectivity index (χ3v) is 2.73. The minimum absolute atomic E-state index is 0.224. The van der Waals surface area contributed by atoms with E-state index in [-0.39, 0.29) is 11.0 Å². The average molecular weight is 281 g/mol. The van der Waals surface area contributed by atoms with Gasteiger partial charge in [0.2, 0.25) is 0 Å². The van der Waals surface area contributed by atoms with E-state index in [9.17, 15) is 4.79 Å². The van der Waals surface area contributed by atoms with Crippen molar-refractivity contribution in [3.05, 3.63) is 23.9 Å². The first kappa shape index (κ1) is 15.4. The minimum atomic E-state index is -0.431. The Hall–Kier alpha value is -1.69. The molecule has 0 aliphatic heterocycles. The molecule has 0 saturated heterocycles. The van der Waals surface area contributed by atoms with Crippen LogP contribution in [0.25, 0.3) is 0 Å². The zero-order chi connectivity index (χ0) is 14.4. The molecule has 6 heteroatoms. The van der Waals surface area contributed by atoms with Crippen molar-refractivity contribution in [2.24, 2.45) is 11.7 Å². The molecular formula is C13H19N3O2S. The van der Waals surface area contributed by atoms with Crippen LogP contribution in [0.4, 0.5) is 5.82 Å². The topological polar surface area (TPSA) is 77.2 Å². The van der Waals surface area contributed by atoms with Crippen molar-refractivity contribution >= 4 is 29.0 Å². The Morgan fingerprint density at radius 1 is 1.53 bits per heavy atom. The fourth-order valence-electron chi connectivity index (χ4n) is 1.66. The van der Waals surface area contributed by atoms with E-state index in [1.807, 2.05) is 13.8 Å². The van der Waals surface area contributed by atoms with Crippen molar-refractivity contribution < 1.29 is 9.53 Å². The number of esters is 1. The number of rotatable bonds is 6. The number of pyridine rings is 1. The number of anilines is 1. The van der Waals surface area contributed by atoms with Crippen LogP contribution in [0.15, 0.2) is 18.2 Å². The molecule has 5 nitrogen and oxygen atoms in total. The van der Waals surface area contributed by atoms with E-state index in [1.165, 1.54) is 7.11 Å². The normalized spacial score (nSPS) is 12.0. The molecule has 0 bridgehead atoms. The van der Waals surface area contributed by atoms with Gasteiger partial charge in [-0.15, -0.1) is 0 Å². The lowest BCUT2D eigenvalue weighted by Gasteiger charge is -2.19. The number of methoxy groups -OCH3 is 1. The van der Waals surface area contributed by atoms with Gasteiger partial charge in [0, 0.05) is 0 Å². The smallest absolute Gasteiger partial charge is 0.328 e. The van der Waals surface area contributed by atoms with Crippen LogP contribution in [0.2, 0.25) is 0 Å². The van der Waals surface area contributed by atoms with Gasteiger partial charge in [0.1, 0.15) is 16.8 Å². The predicted molar refractivity (Wildman–Crippen MR) is 79.0 cm³/mol. The maximum atomic E-state index is 11.7. The molecule has 1 atom stereocenters. The molecule has 0 fully saturated rings. The monoisotopic (exact) mass is 281 g/mol. The molecule has 0 aliphatic carbocycles. The second-order valence-electron chi connectivity index (χ2n) is 4.62. The first-order valence-corrected chi connectivity index (χ1v) is 6.46. The van der Waals surface area contributed by atoms with E-state index >= 15 is 0 Å².